The van der Waals surface area contributed by atoms with Crippen LogP contribution in [0.25, 0.3) is 0 Å². The van der Waals surface area contributed by atoms with Crippen molar-refractivity contribution < 1.29 is 4.74 Å². The van der Waals surface area contributed by atoms with E-state index in [-0.39, 0.29) is 11.6 Å². The lowest BCUT2D eigenvalue weighted by atomic mass is 9.77. The van der Waals surface area contributed by atoms with Gasteiger partial charge in [-0.15, -0.1) is 0 Å². The number of hydrogen-bond acceptors (Lipinski definition) is 3. The molecule has 1 spiro atoms. The van der Waals surface area contributed by atoms with Gasteiger partial charge in [-0.1, -0.05) is 29.8 Å². The van der Waals surface area contributed by atoms with E-state index in [9.17, 15) is 0 Å². The standard InChI is InChI=1S/C17H25NOS/c1-13-2-4-14(5-3-13)16(18)15-6-9-19-17(12-15)7-10-20-11-8-17/h2-5,15-16H,6-12,18H2,1H3. The Balaban J connectivity index is 1.71. The van der Waals surface area contributed by atoms with Gasteiger partial charge in [0, 0.05) is 12.6 Å². The molecule has 0 radical (unpaired) electrons. The summed E-state index contributed by atoms with van der Waals surface area (Å²) in [4.78, 5) is 0. The molecule has 1 aromatic rings. The Morgan fingerprint density at radius 1 is 1.25 bits per heavy atom. The molecule has 2 fully saturated rings. The number of thioether (sulfide) groups is 1. The van der Waals surface area contributed by atoms with Gasteiger partial charge in [0.25, 0.3) is 0 Å². The fourth-order valence-electron chi connectivity index (χ4n) is 3.52. The van der Waals surface area contributed by atoms with Crippen molar-refractivity contribution in [2.75, 3.05) is 18.1 Å². The van der Waals surface area contributed by atoms with Crippen LogP contribution < -0.4 is 5.73 Å². The minimum absolute atomic E-state index is 0.135. The summed E-state index contributed by atoms with van der Waals surface area (Å²) in [5.41, 5.74) is 9.26. The molecule has 2 aliphatic heterocycles. The molecule has 0 bridgehead atoms. The van der Waals surface area contributed by atoms with Gasteiger partial charge in [0.15, 0.2) is 0 Å². The summed E-state index contributed by atoms with van der Waals surface area (Å²) in [6.07, 6.45) is 4.65. The van der Waals surface area contributed by atoms with Crippen LogP contribution in [0.4, 0.5) is 0 Å². The Morgan fingerprint density at radius 2 is 1.95 bits per heavy atom. The summed E-state index contributed by atoms with van der Waals surface area (Å²) >= 11 is 2.06. The molecule has 2 unspecified atom stereocenters. The van der Waals surface area contributed by atoms with Crippen molar-refractivity contribution >= 4 is 11.8 Å². The summed E-state index contributed by atoms with van der Waals surface area (Å²) in [5, 5.41) is 0. The molecule has 2 atom stereocenters. The molecule has 0 aliphatic carbocycles. The molecule has 2 N–H and O–H groups in total. The van der Waals surface area contributed by atoms with Crippen LogP contribution in [0.3, 0.4) is 0 Å². The molecule has 0 aromatic heterocycles. The highest BCUT2D eigenvalue weighted by Crippen LogP contribution is 2.42. The van der Waals surface area contributed by atoms with E-state index in [0.29, 0.717) is 5.92 Å². The van der Waals surface area contributed by atoms with Crippen molar-refractivity contribution in [2.24, 2.45) is 11.7 Å². The first-order chi connectivity index (χ1) is 9.69. The van der Waals surface area contributed by atoms with Crippen LogP contribution in [-0.2, 0) is 4.74 Å². The van der Waals surface area contributed by atoms with E-state index in [1.165, 1.54) is 35.5 Å². The van der Waals surface area contributed by atoms with Gasteiger partial charge >= 0.3 is 0 Å². The van der Waals surface area contributed by atoms with E-state index in [1.807, 2.05) is 0 Å². The maximum absolute atomic E-state index is 6.55. The van der Waals surface area contributed by atoms with Gasteiger partial charge in [0.1, 0.15) is 0 Å². The Kier molecular flexibility index (Phi) is 4.39. The molecule has 2 nitrogen and oxygen atoms in total. The largest absolute Gasteiger partial charge is 0.375 e. The van der Waals surface area contributed by atoms with Gasteiger partial charge in [0.2, 0.25) is 0 Å². The minimum Gasteiger partial charge on any atom is -0.375 e. The van der Waals surface area contributed by atoms with Crippen molar-refractivity contribution in [3.63, 3.8) is 0 Å². The van der Waals surface area contributed by atoms with Crippen molar-refractivity contribution in [3.8, 4) is 0 Å². The number of benzene rings is 1. The normalized spacial score (nSPS) is 27.4. The molecule has 1 aromatic carbocycles. The van der Waals surface area contributed by atoms with E-state index >= 15 is 0 Å². The van der Waals surface area contributed by atoms with Crippen molar-refractivity contribution in [3.05, 3.63) is 35.4 Å². The van der Waals surface area contributed by atoms with Gasteiger partial charge in [-0.2, -0.15) is 11.8 Å². The summed E-state index contributed by atoms with van der Waals surface area (Å²) in [5.74, 6) is 3.05. The third kappa shape index (κ3) is 3.05. The SMILES string of the molecule is Cc1ccc(C(N)C2CCOC3(CCSCC3)C2)cc1. The molecule has 110 valence electrons. The summed E-state index contributed by atoms with van der Waals surface area (Å²) < 4.78 is 6.17. The molecule has 0 amide bonds. The van der Waals surface area contributed by atoms with Crippen LogP contribution in [0.2, 0.25) is 0 Å². The van der Waals surface area contributed by atoms with Crippen molar-refractivity contribution in [1.82, 2.24) is 0 Å². The van der Waals surface area contributed by atoms with Crippen molar-refractivity contribution in [2.45, 2.75) is 44.2 Å². The Labute approximate surface area is 126 Å². The van der Waals surface area contributed by atoms with Crippen molar-refractivity contribution in [1.29, 1.82) is 0 Å². The van der Waals surface area contributed by atoms with Gasteiger partial charge in [-0.05, 0) is 55.6 Å². The maximum Gasteiger partial charge on any atom is 0.0701 e. The quantitative estimate of drug-likeness (QED) is 0.902. The molecule has 2 aliphatic rings. The van der Waals surface area contributed by atoms with Crippen LogP contribution in [0.15, 0.2) is 24.3 Å². The second kappa shape index (κ2) is 6.08. The zero-order chi connectivity index (χ0) is 14.0. The smallest absolute Gasteiger partial charge is 0.0701 e. The van der Waals surface area contributed by atoms with E-state index in [1.54, 1.807) is 0 Å². The molecule has 20 heavy (non-hydrogen) atoms. The molecule has 0 saturated carbocycles. The predicted molar refractivity (Wildman–Crippen MR) is 86.1 cm³/mol. The third-order valence-corrected chi connectivity index (χ3v) is 5.89. The average molecular weight is 291 g/mol. The topological polar surface area (TPSA) is 35.2 Å². The highest BCUT2D eigenvalue weighted by atomic mass is 32.2. The van der Waals surface area contributed by atoms with Gasteiger partial charge < -0.3 is 10.5 Å². The van der Waals surface area contributed by atoms with Crippen LogP contribution in [0.1, 0.15) is 42.9 Å². The van der Waals surface area contributed by atoms with E-state index in [2.05, 4.69) is 43.0 Å². The summed E-state index contributed by atoms with van der Waals surface area (Å²) in [6.45, 7) is 3.01. The number of aryl methyl sites for hydroxylation is 1. The predicted octanol–water partition coefficient (Wildman–Crippen LogP) is 3.69. The highest BCUT2D eigenvalue weighted by molar-refractivity contribution is 7.99. The lowest BCUT2D eigenvalue weighted by Gasteiger charge is -2.44. The molecular formula is C17H25NOS. The number of ether oxygens (including phenoxy) is 1. The van der Waals surface area contributed by atoms with Crippen LogP contribution >= 0.6 is 11.8 Å². The minimum atomic E-state index is 0.135. The Hall–Kier alpha value is -0.510. The lowest BCUT2D eigenvalue weighted by Crippen LogP contribution is -2.45. The molecule has 3 rings (SSSR count). The fourth-order valence-corrected chi connectivity index (χ4v) is 4.76. The summed E-state index contributed by atoms with van der Waals surface area (Å²) in [7, 11) is 0. The van der Waals surface area contributed by atoms with Crippen LogP contribution in [0.5, 0.6) is 0 Å². The fraction of sp³-hybridized carbons (Fsp3) is 0.647. The third-order valence-electron chi connectivity index (χ3n) is 4.91. The number of hydrogen-bond donors (Lipinski definition) is 1. The van der Waals surface area contributed by atoms with Gasteiger partial charge in [-0.3, -0.25) is 0 Å². The van der Waals surface area contributed by atoms with Crippen LogP contribution in [0, 0.1) is 12.8 Å². The van der Waals surface area contributed by atoms with Crippen LogP contribution in [-0.4, -0.2) is 23.7 Å². The first-order valence-electron chi connectivity index (χ1n) is 7.72. The molecule has 2 saturated heterocycles. The van der Waals surface area contributed by atoms with Gasteiger partial charge in [-0.25, -0.2) is 0 Å². The maximum atomic E-state index is 6.55. The molecular weight excluding hydrogens is 266 g/mol. The van der Waals surface area contributed by atoms with E-state index in [0.717, 1.165) is 19.4 Å². The zero-order valence-corrected chi connectivity index (χ0v) is 13.1. The zero-order valence-electron chi connectivity index (χ0n) is 12.3. The highest BCUT2D eigenvalue weighted by Gasteiger charge is 2.40. The Bertz CT molecular complexity index is 433. The van der Waals surface area contributed by atoms with Gasteiger partial charge in [0.05, 0.1) is 5.60 Å². The monoisotopic (exact) mass is 291 g/mol. The first kappa shape index (κ1) is 14.4. The Morgan fingerprint density at radius 3 is 2.65 bits per heavy atom. The molecule has 3 heteroatoms. The second-order valence-corrected chi connectivity index (χ2v) is 7.56. The second-order valence-electron chi connectivity index (χ2n) is 6.33. The van der Waals surface area contributed by atoms with E-state index < -0.39 is 0 Å². The molecule has 2 heterocycles. The first-order valence-corrected chi connectivity index (χ1v) is 8.88. The van der Waals surface area contributed by atoms with E-state index in [4.69, 9.17) is 10.5 Å². The average Bonchev–Trinajstić information content (AvgIpc) is 2.48. The number of nitrogens with two attached hydrogens (primary N) is 1. The number of rotatable bonds is 2. The summed E-state index contributed by atoms with van der Waals surface area (Å²) in [6, 6.07) is 8.88. The lowest BCUT2D eigenvalue weighted by molar-refractivity contribution is -0.105.